The fourth-order valence-electron chi connectivity index (χ4n) is 4.11. The maximum absolute atomic E-state index is 4.83. The van der Waals surface area contributed by atoms with Crippen LogP contribution in [0.1, 0.15) is 32.2 Å². The molecule has 2 aromatic heterocycles. The number of halogens is 1. The molecule has 0 saturated heterocycles. The van der Waals surface area contributed by atoms with E-state index in [1.807, 2.05) is 240 Å². The summed E-state index contributed by atoms with van der Waals surface area (Å²) >= 11 is 13.3. The summed E-state index contributed by atoms with van der Waals surface area (Å²) in [7, 11) is 72.9. The van der Waals surface area contributed by atoms with E-state index >= 15 is 0 Å². The average Bonchev–Trinajstić information content (AvgIpc) is 3.64. The number of aryl methyl sites for hydroxylation is 1. The Kier molecular flexibility index (Phi) is 49.0. The standard InChI is InChI=1S/C22H21BrN2.S43/c1-14-20(23)24-21-17-13-9-8-12-16(17)18(15-10-6-5-7-11-15)19(25(14)21)22(2,3)4;1-3-5-7-9-11-13-15-17-19-21-23-25-27-29-31-33-35-37-39-41-43-42-40-38-36-34-32-30-28-26-24-22-20-18-16-14-12-10-8-6-4-2/h5-13H,1-4H3;. The molecule has 0 bridgehead atoms. The first-order chi connectivity index (χ1) is 33.3. The number of hydrogen-bond acceptors (Lipinski definition) is 3. The molecule has 0 unspecified atom stereocenters. The summed E-state index contributed by atoms with van der Waals surface area (Å²) in [5.74, 6) is 0. The van der Waals surface area contributed by atoms with Gasteiger partial charge in [-0.1, -0.05) is 75.4 Å². The number of pyridine rings is 1. The number of benzene rings is 2. The fourth-order valence-corrected chi connectivity index (χ4v) is 111. The number of nitrogens with zero attached hydrogens (tertiary/aromatic N) is 2. The van der Waals surface area contributed by atoms with Crippen molar-refractivity contribution in [3.8, 4) is 11.1 Å². The molecule has 4 aromatic rings. The predicted octanol–water partition coefficient (Wildman–Crippen LogP) is 6.42. The molecule has 0 aliphatic rings. The van der Waals surface area contributed by atoms with E-state index in [1.54, 1.807) is 107 Å². The van der Waals surface area contributed by atoms with Crippen molar-refractivity contribution in [3.05, 3.63) is 70.6 Å². The lowest BCUT2D eigenvalue weighted by Gasteiger charge is -2.27. The van der Waals surface area contributed by atoms with Crippen molar-refractivity contribution in [2.75, 3.05) is 0 Å². The number of rotatable bonds is 1. The molecule has 384 valence electrons. The summed E-state index contributed by atoms with van der Waals surface area (Å²) in [5.41, 5.74) is 5.97. The lowest BCUT2D eigenvalue weighted by Crippen LogP contribution is -2.19. The molecule has 0 atom stereocenters. The molecule has 0 radical (unpaired) electrons. The monoisotopic (exact) mass is 1770 g/mol. The Hall–Kier alpha value is 7.33. The fraction of sp³-hybridized carbons (Fsp3) is 0.227. The van der Waals surface area contributed by atoms with Gasteiger partial charge in [-0.15, -0.1) is 0 Å². The highest BCUT2D eigenvalue weighted by Crippen LogP contribution is 2.41. The van der Waals surface area contributed by atoms with Gasteiger partial charge in [0.1, 0.15) is 10.3 Å². The second kappa shape index (κ2) is 47.9. The van der Waals surface area contributed by atoms with Crippen LogP contribution in [-0.2, 0) is 392 Å². The molecule has 0 aliphatic carbocycles. The van der Waals surface area contributed by atoms with Crippen LogP contribution < -0.4 is 0 Å². The molecule has 2 heterocycles. The number of hydrogen-bond donors (Lipinski definition) is 0. The van der Waals surface area contributed by atoms with Crippen LogP contribution in [0, 0.1) is 6.92 Å². The Morgan fingerprint density at radius 1 is 0.397 bits per heavy atom. The van der Waals surface area contributed by atoms with Crippen LogP contribution in [0.25, 0.3) is 27.5 Å². The lowest BCUT2D eigenvalue weighted by atomic mass is 9.83. The minimum Gasteiger partial charge on any atom is -0.298 e. The Balaban J connectivity index is 0.000000408. The van der Waals surface area contributed by atoms with Gasteiger partial charge in [0.25, 0.3) is 0 Å². The molecule has 68 heavy (non-hydrogen) atoms. The molecule has 0 N–H and O–H groups in total. The molecule has 46 heteroatoms. The van der Waals surface area contributed by atoms with Gasteiger partial charge in [-0.25, -0.2) is 4.98 Å². The number of imidazole rings is 1. The molecular formula is C22H21BrN2S43. The summed E-state index contributed by atoms with van der Waals surface area (Å²) < 4.78 is 3.24. The maximum Gasteiger partial charge on any atom is 0.146 e. The van der Waals surface area contributed by atoms with Crippen LogP contribution in [0.3, 0.4) is 0 Å². The second-order valence-electron chi connectivity index (χ2n) is 10.3. The second-order valence-corrected chi connectivity index (χ2v) is 83.6. The average molecular weight is 1770 g/mol. The summed E-state index contributed by atoms with van der Waals surface area (Å²) in [4.78, 5) is 4.83. The van der Waals surface area contributed by atoms with Crippen LogP contribution in [0.15, 0.2) is 59.2 Å². The zero-order valence-corrected chi connectivity index (χ0v) is 69.2. The molecule has 4 rings (SSSR count). The van der Waals surface area contributed by atoms with Gasteiger partial charge < -0.3 is 0 Å². The first-order valence-corrected chi connectivity index (χ1v) is 72.3. The molecule has 0 saturated carbocycles. The van der Waals surface area contributed by atoms with Crippen LogP contribution in [-0.4, -0.2) is 9.38 Å². The minimum atomic E-state index is -0.0294. The van der Waals surface area contributed by atoms with Crippen LogP contribution in [0.2, 0.25) is 0 Å². The highest BCUT2D eigenvalue weighted by molar-refractivity contribution is 9.10. The van der Waals surface area contributed by atoms with Crippen molar-refractivity contribution in [3.63, 3.8) is 0 Å². The summed E-state index contributed by atoms with van der Waals surface area (Å²) in [6.45, 7) is 8.95. The molecule has 0 aliphatic heterocycles. The zero-order valence-electron chi connectivity index (χ0n) is 32.5. The Morgan fingerprint density at radius 3 is 0.941 bits per heavy atom. The first kappa shape index (κ1) is 69.6. The van der Waals surface area contributed by atoms with Crippen LogP contribution >= 0.6 is 15.9 Å². The van der Waals surface area contributed by atoms with E-state index in [0.29, 0.717) is 0 Å². The van der Waals surface area contributed by atoms with Crippen molar-refractivity contribution in [1.82, 2.24) is 9.38 Å². The third kappa shape index (κ3) is 32.7. The van der Waals surface area contributed by atoms with E-state index in [4.69, 9.17) is 27.4 Å². The third-order valence-electron chi connectivity index (χ3n) is 5.83. The molecule has 0 spiro atoms. The normalized spacial score (nSPS) is 9.37. The molecule has 0 amide bonds. The highest BCUT2D eigenvalue weighted by atomic mass is 79.9. The quantitative estimate of drug-likeness (QED) is 0.220. The largest absolute Gasteiger partial charge is 0.298 e. The van der Waals surface area contributed by atoms with Crippen molar-refractivity contribution in [2.24, 2.45) is 0 Å². The van der Waals surface area contributed by atoms with Gasteiger partial charge in [0.05, 0.1) is 5.69 Å². The predicted molar refractivity (Wildman–Crippen MR) is 426 cm³/mol. The van der Waals surface area contributed by atoms with E-state index in [1.165, 1.54) is 45.4 Å². The smallest absolute Gasteiger partial charge is 0.146 e. The van der Waals surface area contributed by atoms with Crippen molar-refractivity contribution < 1.29 is 0 Å². The molecular weight excluding hydrogens is 1750 g/mol. The van der Waals surface area contributed by atoms with Gasteiger partial charge in [0.2, 0.25) is 0 Å². The Labute approximate surface area is 530 Å². The third-order valence-corrected chi connectivity index (χ3v) is 95.5. The van der Waals surface area contributed by atoms with E-state index in [9.17, 15) is 0 Å². The van der Waals surface area contributed by atoms with Gasteiger partial charge >= 0.3 is 0 Å². The highest BCUT2D eigenvalue weighted by Gasteiger charge is 2.27. The minimum absolute atomic E-state index is 0.0294. The summed E-state index contributed by atoms with van der Waals surface area (Å²) in [5, 5.41) is 2.44. The van der Waals surface area contributed by atoms with E-state index in [0.717, 1.165) is 15.9 Å². The first-order valence-electron chi connectivity index (χ1n) is 15.5. The maximum atomic E-state index is 4.83. The molecule has 2 nitrogen and oxygen atoms in total. The summed E-state index contributed by atoms with van der Waals surface area (Å²) in [6, 6.07) is 19.3. The zero-order chi connectivity index (χ0) is 48.8. The topological polar surface area (TPSA) is 17.3 Å². The Bertz CT molecular complexity index is 4310. The van der Waals surface area contributed by atoms with E-state index in [2.05, 4.69) is 103 Å². The SMILES string of the molecule is Cc1c(Br)nc2c3ccccc3c(-c3ccccc3)c(C(C)(C)C)n12.S=S=S=S=S=S=S=S=S=S=S=S=S=S=S=S=S=S=S=S=S=S=S=S=S=S=S=S=S=S=S=S=S=S=S=S=S=S=S=S=S=S=S. The van der Waals surface area contributed by atoms with Crippen molar-refractivity contribution in [2.45, 2.75) is 33.1 Å². The molecule has 0 fully saturated rings. The van der Waals surface area contributed by atoms with Gasteiger partial charge in [0.15, 0.2) is 0 Å². The number of fused-ring (bicyclic) bond motifs is 3. The number of aromatic nitrogens is 2. The van der Waals surface area contributed by atoms with Crippen LogP contribution in [0.5, 0.6) is 0 Å². The summed E-state index contributed by atoms with van der Waals surface area (Å²) in [6.07, 6.45) is 0. The van der Waals surface area contributed by atoms with E-state index in [-0.39, 0.29) is 5.41 Å². The van der Waals surface area contributed by atoms with Crippen molar-refractivity contribution >= 4 is 419 Å². The van der Waals surface area contributed by atoms with Crippen molar-refractivity contribution in [1.29, 1.82) is 0 Å². The van der Waals surface area contributed by atoms with E-state index < -0.39 is 0 Å². The van der Waals surface area contributed by atoms with Crippen LogP contribution in [0.4, 0.5) is 0 Å². The Morgan fingerprint density at radius 2 is 0.662 bits per heavy atom. The van der Waals surface area contributed by atoms with Gasteiger partial charge in [-0.3, -0.25) is 4.40 Å². The molecule has 2 aromatic carbocycles. The van der Waals surface area contributed by atoms with Gasteiger partial charge in [-0.2, -0.15) is 0 Å². The van der Waals surface area contributed by atoms with Gasteiger partial charge in [-0.05, 0) is 33.8 Å². The lowest BCUT2D eigenvalue weighted by molar-refractivity contribution is 0.562. The van der Waals surface area contributed by atoms with Gasteiger partial charge in [0, 0.05) is 409 Å².